The molecule has 0 bridgehead atoms. The van der Waals surface area contributed by atoms with Crippen molar-refractivity contribution < 1.29 is 0 Å². The lowest BCUT2D eigenvalue weighted by Crippen LogP contribution is -2.11. The Labute approximate surface area is 85.1 Å². The summed E-state index contributed by atoms with van der Waals surface area (Å²) in [4.78, 5) is 4.22. The van der Waals surface area contributed by atoms with Crippen LogP contribution in [0.25, 0.3) is 0 Å². The van der Waals surface area contributed by atoms with E-state index in [9.17, 15) is 0 Å². The Morgan fingerprint density at radius 1 is 1.38 bits per heavy atom. The number of hydrogen-bond donors (Lipinski definition) is 0. The predicted molar refractivity (Wildman–Crippen MR) is 57.2 cm³/mol. The van der Waals surface area contributed by atoms with E-state index in [1.165, 1.54) is 5.56 Å². The van der Waals surface area contributed by atoms with Crippen molar-refractivity contribution in [2.24, 2.45) is 0 Å². The molecule has 1 rings (SSSR count). The van der Waals surface area contributed by atoms with Gasteiger partial charge in [0.15, 0.2) is 0 Å². The first-order valence-corrected chi connectivity index (χ1v) is 4.95. The first kappa shape index (κ1) is 10.5. The van der Waals surface area contributed by atoms with E-state index in [0.717, 1.165) is 5.69 Å². The summed E-state index contributed by atoms with van der Waals surface area (Å²) in [5.74, 6) is 0. The lowest BCUT2D eigenvalue weighted by atomic mass is 9.87. The molecule has 0 N–H and O–H groups in total. The maximum Gasteiger partial charge on any atom is 0.0729 e. The van der Waals surface area contributed by atoms with Crippen molar-refractivity contribution in [1.29, 1.82) is 0 Å². The highest BCUT2D eigenvalue weighted by Crippen LogP contribution is 2.25. The van der Waals surface area contributed by atoms with E-state index in [-0.39, 0.29) is 10.8 Å². The van der Waals surface area contributed by atoms with Gasteiger partial charge in [0.2, 0.25) is 0 Å². The number of aromatic nitrogens is 1. The molecule has 0 radical (unpaired) electrons. The molecule has 1 aromatic heterocycles. The summed E-state index contributed by atoms with van der Waals surface area (Å²) >= 11 is 5.96. The molecule has 0 fully saturated rings. The van der Waals surface area contributed by atoms with Crippen LogP contribution >= 0.6 is 11.6 Å². The van der Waals surface area contributed by atoms with Crippen molar-refractivity contribution >= 4 is 11.6 Å². The molecule has 1 heterocycles. The van der Waals surface area contributed by atoms with Gasteiger partial charge < -0.3 is 0 Å². The average molecular weight is 198 g/mol. The molecule has 72 valence electrons. The standard InChI is InChI=1S/C11H16ClN/c1-8(12)10-7-9(5-6-13-10)11(2,3)4/h5-8H,1-4H3. The molecular weight excluding hydrogens is 182 g/mol. The maximum atomic E-state index is 5.96. The SMILES string of the molecule is CC(Cl)c1cc(C(C)(C)C)ccn1. The van der Waals surface area contributed by atoms with Crippen LogP contribution in [0.3, 0.4) is 0 Å². The fourth-order valence-corrected chi connectivity index (χ4v) is 1.25. The molecule has 1 unspecified atom stereocenters. The van der Waals surface area contributed by atoms with E-state index in [4.69, 9.17) is 11.6 Å². The highest BCUT2D eigenvalue weighted by Gasteiger charge is 2.14. The molecular formula is C11H16ClN. The molecule has 13 heavy (non-hydrogen) atoms. The molecule has 0 aliphatic carbocycles. The van der Waals surface area contributed by atoms with Gasteiger partial charge in [0.05, 0.1) is 11.1 Å². The van der Waals surface area contributed by atoms with Crippen molar-refractivity contribution in [2.45, 2.75) is 38.5 Å². The summed E-state index contributed by atoms with van der Waals surface area (Å²) in [6.45, 7) is 8.50. The smallest absolute Gasteiger partial charge is 0.0729 e. The van der Waals surface area contributed by atoms with Crippen LogP contribution in [0.4, 0.5) is 0 Å². The second kappa shape index (κ2) is 3.67. The van der Waals surface area contributed by atoms with E-state index < -0.39 is 0 Å². The molecule has 2 heteroatoms. The van der Waals surface area contributed by atoms with Crippen molar-refractivity contribution in [3.05, 3.63) is 29.6 Å². The van der Waals surface area contributed by atoms with Crippen LogP contribution < -0.4 is 0 Å². The average Bonchev–Trinajstić information content (AvgIpc) is 2.03. The van der Waals surface area contributed by atoms with E-state index in [0.29, 0.717) is 0 Å². The summed E-state index contributed by atoms with van der Waals surface area (Å²) in [5, 5.41) is -0.0118. The van der Waals surface area contributed by atoms with Gasteiger partial charge in [0.1, 0.15) is 0 Å². The van der Waals surface area contributed by atoms with Crippen molar-refractivity contribution in [3.8, 4) is 0 Å². The first-order chi connectivity index (χ1) is 5.91. The monoisotopic (exact) mass is 197 g/mol. The van der Waals surface area contributed by atoms with Crippen molar-refractivity contribution in [1.82, 2.24) is 4.98 Å². The second-order valence-electron chi connectivity index (χ2n) is 4.34. The molecule has 0 aliphatic heterocycles. The van der Waals surface area contributed by atoms with Gasteiger partial charge in [-0.05, 0) is 30.0 Å². The minimum atomic E-state index is -0.0118. The van der Waals surface area contributed by atoms with Crippen LogP contribution in [0.15, 0.2) is 18.3 Å². The zero-order valence-electron chi connectivity index (χ0n) is 8.63. The van der Waals surface area contributed by atoms with Gasteiger partial charge in [-0.25, -0.2) is 0 Å². The Bertz CT molecular complexity index is 286. The summed E-state index contributed by atoms with van der Waals surface area (Å²) in [5.41, 5.74) is 2.41. The second-order valence-corrected chi connectivity index (χ2v) is 4.99. The number of nitrogens with zero attached hydrogens (tertiary/aromatic N) is 1. The number of hydrogen-bond acceptors (Lipinski definition) is 1. The lowest BCUT2D eigenvalue weighted by molar-refractivity contribution is 0.587. The molecule has 0 aromatic carbocycles. The Kier molecular flexibility index (Phi) is 2.97. The molecule has 0 amide bonds. The fraction of sp³-hybridized carbons (Fsp3) is 0.545. The molecule has 1 atom stereocenters. The Balaban J connectivity index is 3.06. The van der Waals surface area contributed by atoms with Gasteiger partial charge in [-0.3, -0.25) is 4.98 Å². The Hall–Kier alpha value is -0.560. The minimum absolute atomic E-state index is 0.0118. The van der Waals surface area contributed by atoms with Crippen LogP contribution in [0.2, 0.25) is 0 Å². The summed E-state index contributed by atoms with van der Waals surface area (Å²) in [6.07, 6.45) is 1.83. The number of pyridine rings is 1. The summed E-state index contributed by atoms with van der Waals surface area (Å²) < 4.78 is 0. The quantitative estimate of drug-likeness (QED) is 0.626. The third-order valence-electron chi connectivity index (χ3n) is 2.05. The molecule has 0 spiro atoms. The largest absolute Gasteiger partial charge is 0.260 e. The van der Waals surface area contributed by atoms with E-state index in [1.54, 1.807) is 0 Å². The van der Waals surface area contributed by atoms with E-state index in [1.807, 2.05) is 19.2 Å². The summed E-state index contributed by atoms with van der Waals surface area (Å²) in [6, 6.07) is 4.13. The number of rotatable bonds is 1. The van der Waals surface area contributed by atoms with Crippen LogP contribution in [0, 0.1) is 0 Å². The molecule has 0 saturated heterocycles. The minimum Gasteiger partial charge on any atom is -0.260 e. The van der Waals surface area contributed by atoms with Crippen LogP contribution in [0.5, 0.6) is 0 Å². The van der Waals surface area contributed by atoms with Gasteiger partial charge in [-0.2, -0.15) is 0 Å². The van der Waals surface area contributed by atoms with Crippen LogP contribution in [-0.4, -0.2) is 4.98 Å². The number of halogens is 1. The molecule has 0 saturated carbocycles. The third-order valence-corrected chi connectivity index (χ3v) is 2.28. The third kappa shape index (κ3) is 2.70. The first-order valence-electron chi connectivity index (χ1n) is 4.52. The molecule has 1 aromatic rings. The highest BCUT2D eigenvalue weighted by molar-refractivity contribution is 6.20. The van der Waals surface area contributed by atoms with Gasteiger partial charge >= 0.3 is 0 Å². The van der Waals surface area contributed by atoms with Crippen molar-refractivity contribution in [3.63, 3.8) is 0 Å². The Morgan fingerprint density at radius 2 is 2.00 bits per heavy atom. The molecule has 0 aliphatic rings. The zero-order valence-corrected chi connectivity index (χ0v) is 9.39. The van der Waals surface area contributed by atoms with Gasteiger partial charge in [-0.1, -0.05) is 20.8 Å². The van der Waals surface area contributed by atoms with Crippen LogP contribution in [0.1, 0.15) is 44.3 Å². The predicted octanol–water partition coefficient (Wildman–Crippen LogP) is 3.68. The van der Waals surface area contributed by atoms with Gasteiger partial charge in [0.25, 0.3) is 0 Å². The van der Waals surface area contributed by atoms with Crippen LogP contribution in [-0.2, 0) is 5.41 Å². The normalized spacial score (nSPS) is 14.2. The summed E-state index contributed by atoms with van der Waals surface area (Å²) in [7, 11) is 0. The van der Waals surface area contributed by atoms with Gasteiger partial charge in [0, 0.05) is 6.20 Å². The zero-order chi connectivity index (χ0) is 10.1. The maximum absolute atomic E-state index is 5.96. The fourth-order valence-electron chi connectivity index (χ4n) is 1.13. The highest BCUT2D eigenvalue weighted by atomic mass is 35.5. The molecule has 1 nitrogen and oxygen atoms in total. The lowest BCUT2D eigenvalue weighted by Gasteiger charge is -2.19. The van der Waals surface area contributed by atoms with E-state index >= 15 is 0 Å². The number of alkyl halides is 1. The topological polar surface area (TPSA) is 12.9 Å². The van der Waals surface area contributed by atoms with Crippen molar-refractivity contribution in [2.75, 3.05) is 0 Å². The Morgan fingerprint density at radius 3 is 2.46 bits per heavy atom. The van der Waals surface area contributed by atoms with E-state index in [2.05, 4.69) is 31.8 Å². The van der Waals surface area contributed by atoms with Gasteiger partial charge in [-0.15, -0.1) is 11.6 Å².